The second-order valence-electron chi connectivity index (χ2n) is 4.60. The van der Waals surface area contributed by atoms with Crippen LogP contribution in [0.5, 0.6) is 0 Å². The van der Waals surface area contributed by atoms with Gasteiger partial charge >= 0.3 is 5.97 Å². The smallest absolute Gasteiger partial charge is 0.327 e. The summed E-state index contributed by atoms with van der Waals surface area (Å²) in [6.07, 6.45) is 0. The highest BCUT2D eigenvalue weighted by molar-refractivity contribution is 5.78. The van der Waals surface area contributed by atoms with Crippen molar-refractivity contribution in [1.82, 2.24) is 5.32 Å². The maximum atomic E-state index is 11.9. The van der Waals surface area contributed by atoms with Crippen LogP contribution in [0.15, 0.2) is 60.7 Å². The summed E-state index contributed by atoms with van der Waals surface area (Å²) in [6.45, 7) is 0.381. The Hall–Kier alpha value is -2.13. The Morgan fingerprint density at radius 1 is 0.895 bits per heavy atom. The molecule has 0 bridgehead atoms. The Kier molecular flexibility index (Phi) is 3.29. The van der Waals surface area contributed by atoms with Gasteiger partial charge in [0.25, 0.3) is 0 Å². The molecule has 0 radical (unpaired) electrons. The first-order valence-corrected chi connectivity index (χ1v) is 6.37. The molecule has 0 spiro atoms. The lowest BCUT2D eigenvalue weighted by molar-refractivity contribution is -0.152. The molecule has 1 saturated heterocycles. The van der Waals surface area contributed by atoms with Gasteiger partial charge in [-0.05, 0) is 11.1 Å². The average molecular weight is 253 g/mol. The summed E-state index contributed by atoms with van der Waals surface area (Å²) in [4.78, 5) is 11.9. The highest BCUT2D eigenvalue weighted by Gasteiger charge is 2.31. The molecule has 1 aliphatic rings. The third kappa shape index (κ3) is 2.51. The summed E-state index contributed by atoms with van der Waals surface area (Å²) >= 11 is 0. The number of benzene rings is 2. The van der Waals surface area contributed by atoms with Gasteiger partial charge in [-0.2, -0.15) is 0 Å². The van der Waals surface area contributed by atoms with Gasteiger partial charge in [0.05, 0.1) is 6.04 Å². The van der Waals surface area contributed by atoms with E-state index in [2.05, 4.69) is 5.32 Å². The van der Waals surface area contributed by atoms with Crippen molar-refractivity contribution in [3.05, 3.63) is 71.8 Å². The van der Waals surface area contributed by atoms with E-state index in [0.717, 1.165) is 11.1 Å². The Morgan fingerprint density at radius 3 is 2.11 bits per heavy atom. The standard InChI is InChI=1S/C16H15NO2/c18-16-15(13-9-5-2-6-10-13)17-14(11-19-16)12-7-3-1-4-8-12/h1-10,14-15,17H,11H2/t14-,15-/m0/s1. The molecule has 2 aromatic carbocycles. The average Bonchev–Trinajstić information content (AvgIpc) is 2.49. The fraction of sp³-hybridized carbons (Fsp3) is 0.188. The van der Waals surface area contributed by atoms with E-state index < -0.39 is 0 Å². The van der Waals surface area contributed by atoms with E-state index in [9.17, 15) is 4.79 Å². The quantitative estimate of drug-likeness (QED) is 0.836. The molecule has 0 unspecified atom stereocenters. The zero-order valence-corrected chi connectivity index (χ0v) is 10.5. The third-order valence-electron chi connectivity index (χ3n) is 3.33. The minimum Gasteiger partial charge on any atom is -0.462 e. The van der Waals surface area contributed by atoms with Crippen LogP contribution in [0.2, 0.25) is 0 Å². The van der Waals surface area contributed by atoms with E-state index in [1.54, 1.807) is 0 Å². The number of hydrogen-bond donors (Lipinski definition) is 1. The van der Waals surface area contributed by atoms with Crippen LogP contribution in [0.4, 0.5) is 0 Å². The molecule has 1 heterocycles. The molecule has 3 heteroatoms. The molecule has 2 atom stereocenters. The maximum absolute atomic E-state index is 11.9. The van der Waals surface area contributed by atoms with Crippen molar-refractivity contribution >= 4 is 5.97 Å². The highest BCUT2D eigenvalue weighted by atomic mass is 16.5. The molecule has 0 saturated carbocycles. The summed E-state index contributed by atoms with van der Waals surface area (Å²) in [6, 6.07) is 19.4. The second-order valence-corrected chi connectivity index (χ2v) is 4.60. The molecule has 1 N–H and O–H groups in total. The number of hydrogen-bond acceptors (Lipinski definition) is 3. The van der Waals surface area contributed by atoms with Crippen molar-refractivity contribution in [3.8, 4) is 0 Å². The van der Waals surface area contributed by atoms with Crippen molar-refractivity contribution in [1.29, 1.82) is 0 Å². The number of rotatable bonds is 2. The minimum absolute atomic E-state index is 0.0455. The summed E-state index contributed by atoms with van der Waals surface area (Å²) in [5.41, 5.74) is 2.07. The Balaban J connectivity index is 1.84. The lowest BCUT2D eigenvalue weighted by Gasteiger charge is -2.30. The second kappa shape index (κ2) is 5.24. The molecule has 2 aromatic rings. The molecule has 1 fully saturated rings. The molecule has 3 nitrogen and oxygen atoms in total. The molecular formula is C16H15NO2. The van der Waals surface area contributed by atoms with Gasteiger partial charge in [-0.25, -0.2) is 4.79 Å². The van der Waals surface area contributed by atoms with Gasteiger partial charge in [0.15, 0.2) is 0 Å². The summed E-state index contributed by atoms with van der Waals surface area (Å²) in [7, 11) is 0. The fourth-order valence-electron chi connectivity index (χ4n) is 2.32. The van der Waals surface area contributed by atoms with Crippen LogP contribution in [-0.2, 0) is 9.53 Å². The molecule has 3 rings (SSSR count). The first-order chi connectivity index (χ1) is 9.34. The lowest BCUT2D eigenvalue weighted by Crippen LogP contribution is -2.41. The van der Waals surface area contributed by atoms with Crippen molar-refractivity contribution < 1.29 is 9.53 Å². The van der Waals surface area contributed by atoms with Gasteiger partial charge < -0.3 is 4.74 Å². The van der Waals surface area contributed by atoms with Crippen molar-refractivity contribution in [2.45, 2.75) is 12.1 Å². The SMILES string of the molecule is O=C1OC[C@@H](c2ccccc2)N[C@H]1c1ccccc1. The zero-order valence-electron chi connectivity index (χ0n) is 10.5. The summed E-state index contributed by atoms with van der Waals surface area (Å²) in [5.74, 6) is -0.210. The summed E-state index contributed by atoms with van der Waals surface area (Å²) in [5, 5.41) is 3.36. The molecule has 0 aromatic heterocycles. The number of morpholine rings is 1. The molecule has 0 amide bonds. The van der Waals surface area contributed by atoms with Crippen LogP contribution in [-0.4, -0.2) is 12.6 Å². The monoisotopic (exact) mass is 253 g/mol. The Labute approximate surface area is 112 Å². The van der Waals surface area contributed by atoms with Crippen molar-refractivity contribution in [2.24, 2.45) is 0 Å². The van der Waals surface area contributed by atoms with Gasteiger partial charge in [-0.15, -0.1) is 0 Å². The molecular weight excluding hydrogens is 238 g/mol. The maximum Gasteiger partial charge on any atom is 0.327 e. The van der Waals surface area contributed by atoms with Crippen LogP contribution in [0.25, 0.3) is 0 Å². The van der Waals surface area contributed by atoms with Crippen LogP contribution in [0, 0.1) is 0 Å². The van der Waals surface area contributed by atoms with Gasteiger partial charge in [-0.3, -0.25) is 5.32 Å². The normalized spacial score (nSPS) is 22.8. The van der Waals surface area contributed by atoms with E-state index >= 15 is 0 Å². The van der Waals surface area contributed by atoms with Crippen LogP contribution < -0.4 is 5.32 Å². The van der Waals surface area contributed by atoms with Gasteiger partial charge in [-0.1, -0.05) is 60.7 Å². The number of carbonyl (C=O) groups excluding carboxylic acids is 1. The Morgan fingerprint density at radius 2 is 1.47 bits per heavy atom. The third-order valence-corrected chi connectivity index (χ3v) is 3.33. The van der Waals surface area contributed by atoms with E-state index in [1.165, 1.54) is 0 Å². The first-order valence-electron chi connectivity index (χ1n) is 6.37. The van der Waals surface area contributed by atoms with Crippen LogP contribution in [0.3, 0.4) is 0 Å². The largest absolute Gasteiger partial charge is 0.462 e. The van der Waals surface area contributed by atoms with E-state index in [-0.39, 0.29) is 18.1 Å². The van der Waals surface area contributed by atoms with Gasteiger partial charge in [0, 0.05) is 0 Å². The van der Waals surface area contributed by atoms with Gasteiger partial charge in [0.2, 0.25) is 0 Å². The highest BCUT2D eigenvalue weighted by Crippen LogP contribution is 2.25. The van der Waals surface area contributed by atoms with E-state index in [4.69, 9.17) is 4.74 Å². The number of cyclic esters (lactones) is 1. The number of carbonyl (C=O) groups is 1. The van der Waals surface area contributed by atoms with Crippen molar-refractivity contribution in [2.75, 3.05) is 6.61 Å². The molecule has 96 valence electrons. The molecule has 0 aliphatic carbocycles. The number of ether oxygens (including phenoxy) is 1. The first kappa shape index (κ1) is 11.9. The van der Waals surface area contributed by atoms with Crippen LogP contribution >= 0.6 is 0 Å². The predicted molar refractivity (Wildman–Crippen MR) is 72.5 cm³/mol. The van der Waals surface area contributed by atoms with Crippen molar-refractivity contribution in [3.63, 3.8) is 0 Å². The molecule has 19 heavy (non-hydrogen) atoms. The fourth-order valence-corrected chi connectivity index (χ4v) is 2.32. The number of nitrogens with one attached hydrogen (secondary N) is 1. The number of esters is 1. The topological polar surface area (TPSA) is 38.3 Å². The summed E-state index contributed by atoms with van der Waals surface area (Å²) < 4.78 is 5.31. The van der Waals surface area contributed by atoms with Crippen LogP contribution in [0.1, 0.15) is 23.2 Å². The minimum atomic E-state index is -0.389. The van der Waals surface area contributed by atoms with E-state index in [1.807, 2.05) is 60.7 Å². The zero-order chi connectivity index (χ0) is 13.1. The Bertz CT molecular complexity index is 553. The lowest BCUT2D eigenvalue weighted by atomic mass is 10.0. The van der Waals surface area contributed by atoms with Gasteiger partial charge in [0.1, 0.15) is 12.6 Å². The van der Waals surface area contributed by atoms with E-state index in [0.29, 0.717) is 6.61 Å². The predicted octanol–water partition coefficient (Wildman–Crippen LogP) is 2.62. The molecule has 1 aliphatic heterocycles.